The fraction of sp³-hybridized carbons (Fsp3) is 0.875. The fourth-order valence-corrected chi connectivity index (χ4v) is 2.32. The molecule has 0 N–H and O–H groups in total. The minimum absolute atomic E-state index is 0.513. The van der Waals surface area contributed by atoms with E-state index >= 15 is 0 Å². The third-order valence-corrected chi connectivity index (χ3v) is 3.64. The Hall–Kier alpha value is -0.640. The maximum Gasteiger partial charge on any atom is 0.211 e. The molecule has 0 bridgehead atoms. The van der Waals surface area contributed by atoms with Crippen LogP contribution in [0.25, 0.3) is 0 Å². The molecule has 0 aromatic rings. The van der Waals surface area contributed by atoms with E-state index in [-0.39, 0.29) is 0 Å². The lowest BCUT2D eigenvalue weighted by atomic mass is 10.3. The van der Waals surface area contributed by atoms with Crippen molar-refractivity contribution in [3.8, 4) is 6.07 Å². The molecular weight excluding hydrogens is 202 g/mol. The highest BCUT2D eigenvalue weighted by atomic mass is 32.2. The molecule has 1 aliphatic heterocycles. The summed E-state index contributed by atoms with van der Waals surface area (Å²) in [4.78, 5) is 2.12. The van der Waals surface area contributed by atoms with Crippen LogP contribution in [-0.4, -0.2) is 56.6 Å². The van der Waals surface area contributed by atoms with Crippen LogP contribution < -0.4 is 0 Å². The zero-order valence-corrected chi connectivity index (χ0v) is 9.13. The smallest absolute Gasteiger partial charge is 0.211 e. The van der Waals surface area contributed by atoms with Crippen LogP contribution in [0.4, 0.5) is 0 Å². The molecule has 1 aliphatic rings. The molecule has 0 atom stereocenters. The van der Waals surface area contributed by atoms with Gasteiger partial charge in [-0.3, -0.25) is 4.90 Å². The molecule has 1 heterocycles. The van der Waals surface area contributed by atoms with E-state index in [9.17, 15) is 8.42 Å². The highest BCUT2D eigenvalue weighted by Gasteiger charge is 2.22. The molecule has 0 spiro atoms. The van der Waals surface area contributed by atoms with Crippen LogP contribution in [0.1, 0.15) is 6.42 Å². The van der Waals surface area contributed by atoms with E-state index in [1.807, 2.05) is 0 Å². The lowest BCUT2D eigenvalue weighted by Crippen LogP contribution is -2.48. The maximum absolute atomic E-state index is 11.2. The molecule has 1 saturated heterocycles. The van der Waals surface area contributed by atoms with Gasteiger partial charge in [-0.2, -0.15) is 9.57 Å². The summed E-state index contributed by atoms with van der Waals surface area (Å²) in [6.45, 7) is 3.30. The zero-order valence-electron chi connectivity index (χ0n) is 8.31. The first-order valence-electron chi connectivity index (χ1n) is 4.58. The van der Waals surface area contributed by atoms with Crippen molar-refractivity contribution in [3.63, 3.8) is 0 Å². The van der Waals surface area contributed by atoms with Gasteiger partial charge in [-0.25, -0.2) is 8.42 Å². The van der Waals surface area contributed by atoms with E-state index < -0.39 is 10.0 Å². The summed E-state index contributed by atoms with van der Waals surface area (Å²) < 4.78 is 23.8. The molecule has 1 fully saturated rings. The van der Waals surface area contributed by atoms with Gasteiger partial charge in [-0.15, -0.1) is 0 Å². The van der Waals surface area contributed by atoms with Gasteiger partial charge in [0.2, 0.25) is 10.0 Å². The summed E-state index contributed by atoms with van der Waals surface area (Å²) >= 11 is 0. The van der Waals surface area contributed by atoms with Crippen LogP contribution in [0.15, 0.2) is 0 Å². The van der Waals surface area contributed by atoms with Crippen molar-refractivity contribution < 1.29 is 8.42 Å². The first kappa shape index (κ1) is 11.4. The Labute approximate surface area is 85.0 Å². The minimum Gasteiger partial charge on any atom is -0.300 e. The van der Waals surface area contributed by atoms with Gasteiger partial charge in [-0.05, 0) is 0 Å². The predicted molar refractivity (Wildman–Crippen MR) is 53.1 cm³/mol. The highest BCUT2D eigenvalue weighted by Crippen LogP contribution is 2.05. The Kier molecular flexibility index (Phi) is 3.86. The van der Waals surface area contributed by atoms with Gasteiger partial charge in [0, 0.05) is 39.1 Å². The van der Waals surface area contributed by atoms with E-state index in [2.05, 4.69) is 11.0 Å². The van der Waals surface area contributed by atoms with Gasteiger partial charge in [0.15, 0.2) is 0 Å². The van der Waals surface area contributed by atoms with Crippen LogP contribution in [0.2, 0.25) is 0 Å². The van der Waals surface area contributed by atoms with Gasteiger partial charge in [-0.1, -0.05) is 0 Å². The first-order valence-corrected chi connectivity index (χ1v) is 6.43. The molecule has 0 aromatic carbocycles. The normalized spacial score (nSPS) is 20.6. The van der Waals surface area contributed by atoms with Crippen molar-refractivity contribution in [1.29, 1.82) is 5.26 Å². The van der Waals surface area contributed by atoms with E-state index in [1.165, 1.54) is 10.6 Å². The van der Waals surface area contributed by atoms with Gasteiger partial charge < -0.3 is 0 Å². The summed E-state index contributed by atoms with van der Waals surface area (Å²) in [6, 6.07) is 2.08. The zero-order chi connectivity index (χ0) is 10.6. The molecule has 0 saturated carbocycles. The highest BCUT2D eigenvalue weighted by molar-refractivity contribution is 7.88. The Morgan fingerprint density at radius 2 is 1.86 bits per heavy atom. The number of nitriles is 1. The van der Waals surface area contributed by atoms with E-state index in [4.69, 9.17) is 5.26 Å². The summed E-state index contributed by atoms with van der Waals surface area (Å²) in [5.74, 6) is 0. The monoisotopic (exact) mass is 217 g/mol. The van der Waals surface area contributed by atoms with Crippen LogP contribution in [-0.2, 0) is 10.0 Å². The summed E-state index contributed by atoms with van der Waals surface area (Å²) in [5, 5.41) is 8.40. The third kappa shape index (κ3) is 3.25. The SMILES string of the molecule is CS(=O)(=O)N1CCN(CCC#N)CC1. The quantitative estimate of drug-likeness (QED) is 0.638. The molecule has 0 aliphatic carbocycles. The lowest BCUT2D eigenvalue weighted by molar-refractivity contribution is 0.192. The molecule has 80 valence electrons. The molecule has 5 nitrogen and oxygen atoms in total. The molecule has 1 rings (SSSR count). The maximum atomic E-state index is 11.2. The standard InChI is InChI=1S/C8H15N3O2S/c1-14(12,13)11-7-5-10(6-8-11)4-2-3-9/h2,4-8H2,1H3. The van der Waals surface area contributed by atoms with Gasteiger partial charge in [0.25, 0.3) is 0 Å². The second-order valence-corrected chi connectivity index (χ2v) is 5.39. The Morgan fingerprint density at radius 1 is 1.29 bits per heavy atom. The molecule has 14 heavy (non-hydrogen) atoms. The average Bonchev–Trinajstić information content (AvgIpc) is 2.14. The van der Waals surface area contributed by atoms with Crippen molar-refractivity contribution in [1.82, 2.24) is 9.21 Å². The first-order chi connectivity index (χ1) is 6.54. The Balaban J connectivity index is 2.36. The molecule has 0 amide bonds. The number of sulfonamides is 1. The Morgan fingerprint density at radius 3 is 2.29 bits per heavy atom. The molecule has 6 heteroatoms. The number of hydrogen-bond donors (Lipinski definition) is 0. The predicted octanol–water partition coefficient (Wildman–Crippen LogP) is -0.523. The number of hydrogen-bond acceptors (Lipinski definition) is 4. The summed E-state index contributed by atoms with van der Waals surface area (Å²) in [6.07, 6.45) is 1.75. The topological polar surface area (TPSA) is 64.4 Å². The third-order valence-electron chi connectivity index (χ3n) is 2.34. The number of piperazine rings is 1. The molecule has 0 radical (unpaired) electrons. The van der Waals surface area contributed by atoms with Crippen molar-refractivity contribution in [3.05, 3.63) is 0 Å². The van der Waals surface area contributed by atoms with Crippen molar-refractivity contribution in [2.45, 2.75) is 6.42 Å². The summed E-state index contributed by atoms with van der Waals surface area (Å²) in [5.41, 5.74) is 0. The second-order valence-electron chi connectivity index (χ2n) is 3.41. The lowest BCUT2D eigenvalue weighted by Gasteiger charge is -2.32. The van der Waals surface area contributed by atoms with Crippen LogP contribution in [0, 0.1) is 11.3 Å². The number of nitrogens with zero attached hydrogens (tertiary/aromatic N) is 3. The summed E-state index contributed by atoms with van der Waals surface area (Å²) in [7, 11) is -3.03. The van der Waals surface area contributed by atoms with Crippen molar-refractivity contribution >= 4 is 10.0 Å². The van der Waals surface area contributed by atoms with E-state index in [0.717, 1.165) is 19.6 Å². The second kappa shape index (κ2) is 4.73. The van der Waals surface area contributed by atoms with E-state index in [1.54, 1.807) is 0 Å². The Bertz CT molecular complexity index is 312. The van der Waals surface area contributed by atoms with Crippen LogP contribution in [0.3, 0.4) is 0 Å². The average molecular weight is 217 g/mol. The van der Waals surface area contributed by atoms with Crippen LogP contribution >= 0.6 is 0 Å². The largest absolute Gasteiger partial charge is 0.300 e. The van der Waals surface area contributed by atoms with Gasteiger partial charge >= 0.3 is 0 Å². The van der Waals surface area contributed by atoms with Crippen molar-refractivity contribution in [2.24, 2.45) is 0 Å². The van der Waals surface area contributed by atoms with Crippen molar-refractivity contribution in [2.75, 3.05) is 39.0 Å². The fourth-order valence-electron chi connectivity index (χ4n) is 1.49. The van der Waals surface area contributed by atoms with Gasteiger partial charge in [0.1, 0.15) is 0 Å². The molecular formula is C8H15N3O2S. The van der Waals surface area contributed by atoms with Gasteiger partial charge in [0.05, 0.1) is 12.3 Å². The van der Waals surface area contributed by atoms with E-state index in [0.29, 0.717) is 19.5 Å². The number of rotatable bonds is 3. The molecule has 0 unspecified atom stereocenters. The minimum atomic E-state index is -3.03. The van der Waals surface area contributed by atoms with Crippen LogP contribution in [0.5, 0.6) is 0 Å². The molecule has 0 aromatic heterocycles.